The number of hydrogen-bond acceptors (Lipinski definition) is 6. The molecule has 0 saturated heterocycles. The first kappa shape index (κ1) is 21.4. The summed E-state index contributed by atoms with van der Waals surface area (Å²) in [4.78, 5) is 0. The van der Waals surface area contributed by atoms with Crippen LogP contribution in [0.2, 0.25) is 0 Å². The lowest BCUT2D eigenvalue weighted by Gasteiger charge is -2.51. The van der Waals surface area contributed by atoms with Crippen LogP contribution in [0.4, 0.5) is 0 Å². The Morgan fingerprint density at radius 1 is 1.27 bits per heavy atom. The smallest absolute Gasteiger partial charge is 0.380 e. The topological polar surface area (TPSA) is 111 Å². The second-order valence-corrected chi connectivity index (χ2v) is 10.7. The Morgan fingerprint density at radius 3 is 2.70 bits per heavy atom. The van der Waals surface area contributed by atoms with Crippen molar-refractivity contribution in [3.63, 3.8) is 0 Å². The molecule has 3 N–H and O–H groups in total. The van der Waals surface area contributed by atoms with Gasteiger partial charge in [0.05, 0.1) is 12.8 Å². The van der Waals surface area contributed by atoms with Crippen LogP contribution in [0, 0.1) is 23.2 Å². The fourth-order valence-electron chi connectivity index (χ4n) is 6.77. The second-order valence-electron chi connectivity index (χ2n) is 9.55. The van der Waals surface area contributed by atoms with E-state index < -0.39 is 10.3 Å². The molecule has 0 aromatic heterocycles. The summed E-state index contributed by atoms with van der Waals surface area (Å²) in [7, 11) is -2.59. The zero-order chi connectivity index (χ0) is 21.7. The highest BCUT2D eigenvalue weighted by Crippen LogP contribution is 2.64. The molecule has 30 heavy (non-hydrogen) atoms. The van der Waals surface area contributed by atoms with Crippen molar-refractivity contribution in [3.05, 3.63) is 23.3 Å². The SMILES string of the molecule is COc1cc2c(cc1OS(N)(=O)=O)CC[C@@H]1[C@@H]2CC[C@]2(C)[C@@H](C/C(C)=N/O)CC[C@@H]12. The molecule has 0 aliphatic heterocycles. The first-order chi connectivity index (χ1) is 14.2. The molecule has 7 nitrogen and oxygen atoms in total. The molecular weight excluding hydrogens is 404 g/mol. The Hall–Kier alpha value is -1.80. The first-order valence-corrected chi connectivity index (χ1v) is 12.2. The van der Waals surface area contributed by atoms with Crippen molar-refractivity contribution in [3.8, 4) is 11.5 Å². The maximum atomic E-state index is 11.4. The molecule has 1 aromatic rings. The van der Waals surface area contributed by atoms with Gasteiger partial charge < -0.3 is 14.1 Å². The second kappa shape index (κ2) is 7.71. The normalized spacial score (nSPS) is 33.4. The van der Waals surface area contributed by atoms with E-state index in [1.54, 1.807) is 6.07 Å². The number of hydrogen-bond donors (Lipinski definition) is 2. The van der Waals surface area contributed by atoms with Gasteiger partial charge in [-0.1, -0.05) is 12.1 Å². The summed E-state index contributed by atoms with van der Waals surface area (Å²) in [6.07, 6.45) is 7.54. The highest BCUT2D eigenvalue weighted by atomic mass is 32.2. The van der Waals surface area contributed by atoms with E-state index in [2.05, 4.69) is 12.1 Å². The van der Waals surface area contributed by atoms with E-state index in [1.807, 2.05) is 13.0 Å². The van der Waals surface area contributed by atoms with Crippen molar-refractivity contribution in [1.82, 2.24) is 0 Å². The lowest BCUT2D eigenvalue weighted by molar-refractivity contribution is 0.0302. The third-order valence-electron chi connectivity index (χ3n) is 8.12. The van der Waals surface area contributed by atoms with Crippen LogP contribution < -0.4 is 14.1 Å². The van der Waals surface area contributed by atoms with Gasteiger partial charge in [-0.3, -0.25) is 0 Å². The average molecular weight is 437 g/mol. The summed E-state index contributed by atoms with van der Waals surface area (Å²) < 4.78 is 33.3. The minimum Gasteiger partial charge on any atom is -0.493 e. The number of ether oxygens (including phenoxy) is 1. The van der Waals surface area contributed by atoms with Crippen molar-refractivity contribution < 1.29 is 22.5 Å². The van der Waals surface area contributed by atoms with Crippen molar-refractivity contribution in [2.45, 2.75) is 64.7 Å². The van der Waals surface area contributed by atoms with Crippen molar-refractivity contribution in [2.75, 3.05) is 7.11 Å². The van der Waals surface area contributed by atoms with Crippen LogP contribution in [-0.4, -0.2) is 26.4 Å². The molecule has 3 aliphatic rings. The number of methoxy groups -OCH3 is 1. The molecule has 0 radical (unpaired) electrons. The predicted molar refractivity (Wildman–Crippen MR) is 114 cm³/mol. The Balaban J connectivity index is 1.63. The molecule has 4 rings (SSSR count). The number of aryl methyl sites for hydroxylation is 1. The molecule has 166 valence electrons. The number of oxime groups is 1. The van der Waals surface area contributed by atoms with Gasteiger partial charge >= 0.3 is 10.3 Å². The van der Waals surface area contributed by atoms with E-state index in [4.69, 9.17) is 19.3 Å². The van der Waals surface area contributed by atoms with E-state index in [9.17, 15) is 8.42 Å². The molecule has 5 atom stereocenters. The van der Waals surface area contributed by atoms with Crippen molar-refractivity contribution in [2.24, 2.45) is 33.5 Å². The van der Waals surface area contributed by atoms with Gasteiger partial charge in [0.2, 0.25) is 0 Å². The van der Waals surface area contributed by atoms with Gasteiger partial charge in [-0.15, -0.1) is 0 Å². The Kier molecular flexibility index (Phi) is 5.51. The zero-order valence-corrected chi connectivity index (χ0v) is 18.7. The van der Waals surface area contributed by atoms with Crippen LogP contribution in [-0.2, 0) is 16.7 Å². The number of fused-ring (bicyclic) bond motifs is 5. The Bertz CT molecular complexity index is 961. The largest absolute Gasteiger partial charge is 0.493 e. The molecule has 0 amide bonds. The quantitative estimate of drug-likeness (QED) is 0.412. The molecule has 0 bridgehead atoms. The summed E-state index contributed by atoms with van der Waals surface area (Å²) in [6, 6.07) is 3.76. The Morgan fingerprint density at radius 2 is 2.03 bits per heavy atom. The van der Waals surface area contributed by atoms with E-state index in [0.29, 0.717) is 29.4 Å². The maximum Gasteiger partial charge on any atom is 0.380 e. The van der Waals surface area contributed by atoms with Gasteiger partial charge in [-0.2, -0.15) is 13.6 Å². The molecule has 0 spiro atoms. The lowest BCUT2D eigenvalue weighted by atomic mass is 9.54. The lowest BCUT2D eigenvalue weighted by Crippen LogP contribution is -2.42. The summed E-state index contributed by atoms with van der Waals surface area (Å²) in [5, 5.41) is 17.6. The van der Waals surface area contributed by atoms with Gasteiger partial charge in [0.15, 0.2) is 11.5 Å². The predicted octanol–water partition coefficient (Wildman–Crippen LogP) is 3.99. The number of rotatable bonds is 5. The van der Waals surface area contributed by atoms with E-state index in [-0.39, 0.29) is 11.2 Å². The molecule has 0 heterocycles. The van der Waals surface area contributed by atoms with Crippen LogP contribution in [0.5, 0.6) is 11.5 Å². The van der Waals surface area contributed by atoms with Crippen molar-refractivity contribution >= 4 is 16.0 Å². The maximum absolute atomic E-state index is 11.4. The van der Waals surface area contributed by atoms with Crippen LogP contribution >= 0.6 is 0 Å². The molecule has 1 aromatic carbocycles. The number of nitrogens with two attached hydrogens (primary N) is 1. The van der Waals surface area contributed by atoms with E-state index in [0.717, 1.165) is 43.4 Å². The van der Waals surface area contributed by atoms with Crippen molar-refractivity contribution in [1.29, 1.82) is 0 Å². The van der Waals surface area contributed by atoms with E-state index >= 15 is 0 Å². The summed E-state index contributed by atoms with van der Waals surface area (Å²) in [6.45, 7) is 4.35. The van der Waals surface area contributed by atoms with Gasteiger partial charge in [0.1, 0.15) is 0 Å². The monoisotopic (exact) mass is 436 g/mol. The van der Waals surface area contributed by atoms with Crippen LogP contribution in [0.15, 0.2) is 17.3 Å². The molecule has 2 saturated carbocycles. The highest BCUT2D eigenvalue weighted by molar-refractivity contribution is 7.84. The minimum absolute atomic E-state index is 0.164. The number of nitrogens with zero attached hydrogens (tertiary/aromatic N) is 1. The van der Waals surface area contributed by atoms with Crippen LogP contribution in [0.3, 0.4) is 0 Å². The average Bonchev–Trinajstić information content (AvgIpc) is 3.02. The standard InChI is InChI=1S/C22H32N2O5S/c1-13(24-25)10-15-5-7-19-17-6-4-14-11-21(29-30(23,26)27)20(28-3)12-18(14)16(17)8-9-22(15,19)2/h11-12,15-17,19,25H,4-10H2,1-3H3,(H2,23,26,27)/b24-13+/t15-,16+,17-,19+,22-/m1/s1. The molecule has 8 heteroatoms. The minimum atomic E-state index is -4.11. The summed E-state index contributed by atoms with van der Waals surface area (Å²) in [5.41, 5.74) is 3.51. The third kappa shape index (κ3) is 3.68. The van der Waals surface area contributed by atoms with Gasteiger partial charge in [0, 0.05) is 0 Å². The number of benzene rings is 1. The first-order valence-electron chi connectivity index (χ1n) is 10.8. The summed E-state index contributed by atoms with van der Waals surface area (Å²) in [5.74, 6) is 2.87. The van der Waals surface area contributed by atoms with Gasteiger partial charge in [-0.05, 0) is 104 Å². The van der Waals surface area contributed by atoms with Gasteiger partial charge in [-0.25, -0.2) is 0 Å². The Labute approximate surface area is 178 Å². The molecule has 3 aliphatic carbocycles. The fourth-order valence-corrected chi connectivity index (χ4v) is 7.15. The van der Waals surface area contributed by atoms with Crippen LogP contribution in [0.25, 0.3) is 0 Å². The molecule has 2 fully saturated rings. The van der Waals surface area contributed by atoms with Crippen LogP contribution in [0.1, 0.15) is 69.4 Å². The highest BCUT2D eigenvalue weighted by Gasteiger charge is 2.54. The third-order valence-corrected chi connectivity index (χ3v) is 8.54. The fraction of sp³-hybridized carbons (Fsp3) is 0.682. The summed E-state index contributed by atoms with van der Waals surface area (Å²) >= 11 is 0. The van der Waals surface area contributed by atoms with Gasteiger partial charge in [0.25, 0.3) is 0 Å². The zero-order valence-electron chi connectivity index (χ0n) is 17.9. The molecular formula is C22H32N2O5S. The molecule has 0 unspecified atom stereocenters. The van der Waals surface area contributed by atoms with E-state index in [1.165, 1.54) is 25.5 Å².